The van der Waals surface area contributed by atoms with Gasteiger partial charge in [-0.05, 0) is 30.3 Å². The van der Waals surface area contributed by atoms with Gasteiger partial charge >= 0.3 is 0 Å². The maximum absolute atomic E-state index is 12.5. The van der Waals surface area contributed by atoms with E-state index in [1.165, 1.54) is 24.3 Å². The molecule has 0 fully saturated rings. The molecule has 28 heavy (non-hydrogen) atoms. The fourth-order valence-electron chi connectivity index (χ4n) is 2.54. The average Bonchev–Trinajstić information content (AvgIpc) is 2.68. The Bertz CT molecular complexity index is 873. The first kappa shape index (κ1) is 21.0. The van der Waals surface area contributed by atoms with Crippen LogP contribution in [0.4, 0.5) is 5.69 Å². The summed E-state index contributed by atoms with van der Waals surface area (Å²) in [7, 11) is 0. The first-order valence-corrected chi connectivity index (χ1v) is 8.95. The van der Waals surface area contributed by atoms with Crippen molar-refractivity contribution in [2.75, 3.05) is 13.1 Å². The van der Waals surface area contributed by atoms with Gasteiger partial charge in [0.05, 0.1) is 4.92 Å². The lowest BCUT2D eigenvalue weighted by Crippen LogP contribution is -2.44. The number of nitro groups is 1. The highest BCUT2D eigenvalue weighted by atomic mass is 32.1. The summed E-state index contributed by atoms with van der Waals surface area (Å²) in [4.78, 5) is 35.8. The van der Waals surface area contributed by atoms with Crippen molar-refractivity contribution in [3.8, 4) is 0 Å². The number of nitrogens with zero attached hydrogens (tertiary/aromatic N) is 2. The molecule has 2 aromatic carbocycles. The van der Waals surface area contributed by atoms with Crippen molar-refractivity contribution in [1.29, 1.82) is 0 Å². The Balaban J connectivity index is 2.09. The summed E-state index contributed by atoms with van der Waals surface area (Å²) >= 11 is 5.30. The second kappa shape index (κ2) is 10.1. The fraction of sp³-hybridized carbons (Fsp3) is 0.211. The van der Waals surface area contributed by atoms with E-state index in [-0.39, 0.29) is 29.3 Å². The monoisotopic (exact) mass is 400 g/mol. The summed E-state index contributed by atoms with van der Waals surface area (Å²) in [5, 5.41) is 13.7. The van der Waals surface area contributed by atoms with E-state index in [0.29, 0.717) is 13.0 Å². The molecule has 0 atom stereocenters. The van der Waals surface area contributed by atoms with Crippen molar-refractivity contribution in [3.63, 3.8) is 0 Å². The van der Waals surface area contributed by atoms with Gasteiger partial charge in [-0.3, -0.25) is 25.0 Å². The van der Waals surface area contributed by atoms with Crippen molar-refractivity contribution in [1.82, 2.24) is 10.2 Å². The second-order valence-electron chi connectivity index (χ2n) is 5.97. The molecule has 0 unspecified atom stereocenters. The molecule has 0 aromatic heterocycles. The van der Waals surface area contributed by atoms with Gasteiger partial charge in [-0.2, -0.15) is 0 Å². The highest BCUT2D eigenvalue weighted by Crippen LogP contribution is 2.17. The lowest BCUT2D eigenvalue weighted by atomic mass is 10.1. The second-order valence-corrected chi connectivity index (χ2v) is 6.36. The zero-order valence-electron chi connectivity index (χ0n) is 15.0. The number of hydrogen-bond donors (Lipinski definition) is 2. The number of para-hydroxylation sites is 1. The van der Waals surface area contributed by atoms with Crippen LogP contribution in [0.1, 0.15) is 22.3 Å². The van der Waals surface area contributed by atoms with E-state index in [4.69, 9.17) is 18.0 Å². The van der Waals surface area contributed by atoms with Crippen LogP contribution in [0, 0.1) is 10.1 Å². The minimum atomic E-state index is -0.680. The largest absolute Gasteiger partial charge is 0.370 e. The average molecular weight is 400 g/mol. The molecule has 0 aliphatic carbocycles. The summed E-state index contributed by atoms with van der Waals surface area (Å²) < 4.78 is 0. The molecule has 0 saturated heterocycles. The minimum absolute atomic E-state index is 0.0658. The summed E-state index contributed by atoms with van der Waals surface area (Å²) in [5.41, 5.74) is 5.89. The van der Waals surface area contributed by atoms with E-state index in [1.54, 1.807) is 4.90 Å². The van der Waals surface area contributed by atoms with Crippen LogP contribution >= 0.6 is 12.2 Å². The summed E-state index contributed by atoms with van der Waals surface area (Å²) in [5.74, 6) is -1.17. The van der Waals surface area contributed by atoms with Crippen LogP contribution in [0.5, 0.6) is 0 Å². The van der Waals surface area contributed by atoms with Gasteiger partial charge in [-0.25, -0.2) is 0 Å². The number of nitro benzene ring substituents is 1. The maximum Gasteiger partial charge on any atom is 0.282 e. The van der Waals surface area contributed by atoms with E-state index in [1.807, 2.05) is 30.3 Å². The molecule has 0 saturated carbocycles. The van der Waals surface area contributed by atoms with E-state index in [9.17, 15) is 19.7 Å². The van der Waals surface area contributed by atoms with Crippen molar-refractivity contribution in [2.45, 2.75) is 12.8 Å². The predicted molar refractivity (Wildman–Crippen MR) is 109 cm³/mol. The SMILES string of the molecule is NC(=O)CCN(CCc1ccccc1)C(=S)NC(=O)c1ccccc1[N+](=O)[O-]. The lowest BCUT2D eigenvalue weighted by Gasteiger charge is -2.25. The highest BCUT2D eigenvalue weighted by Gasteiger charge is 2.21. The van der Waals surface area contributed by atoms with Gasteiger partial charge in [-0.1, -0.05) is 42.5 Å². The fourth-order valence-corrected chi connectivity index (χ4v) is 2.81. The normalized spacial score (nSPS) is 10.1. The van der Waals surface area contributed by atoms with Crippen molar-refractivity contribution < 1.29 is 14.5 Å². The van der Waals surface area contributed by atoms with Crippen LogP contribution in [-0.2, 0) is 11.2 Å². The van der Waals surface area contributed by atoms with Crippen molar-refractivity contribution in [3.05, 3.63) is 75.8 Å². The topological polar surface area (TPSA) is 119 Å². The number of amides is 2. The van der Waals surface area contributed by atoms with Gasteiger partial charge in [0.1, 0.15) is 5.56 Å². The molecular formula is C19H20N4O4S. The molecule has 2 amide bonds. The molecule has 0 aliphatic heterocycles. The van der Waals surface area contributed by atoms with Gasteiger partial charge in [0.25, 0.3) is 11.6 Å². The van der Waals surface area contributed by atoms with Gasteiger partial charge in [0.15, 0.2) is 5.11 Å². The highest BCUT2D eigenvalue weighted by molar-refractivity contribution is 7.80. The summed E-state index contributed by atoms with van der Waals surface area (Å²) in [6, 6.07) is 15.3. The number of nitrogens with two attached hydrogens (primary N) is 1. The predicted octanol–water partition coefficient (Wildman–Crippen LogP) is 2.03. The van der Waals surface area contributed by atoms with Crippen LogP contribution in [0.3, 0.4) is 0 Å². The Hall–Kier alpha value is -3.33. The minimum Gasteiger partial charge on any atom is -0.370 e. The Kier molecular flexibility index (Phi) is 7.58. The Labute approximate surface area is 167 Å². The third-order valence-electron chi connectivity index (χ3n) is 3.99. The lowest BCUT2D eigenvalue weighted by molar-refractivity contribution is -0.385. The first-order chi connectivity index (χ1) is 13.4. The molecule has 9 heteroatoms. The molecule has 2 rings (SSSR count). The summed E-state index contributed by atoms with van der Waals surface area (Å²) in [6.07, 6.45) is 0.706. The third-order valence-corrected chi connectivity index (χ3v) is 4.35. The summed E-state index contributed by atoms with van der Waals surface area (Å²) in [6.45, 7) is 0.686. The number of carbonyl (C=O) groups excluding carboxylic acids is 2. The van der Waals surface area contributed by atoms with Crippen LogP contribution < -0.4 is 11.1 Å². The number of thiocarbonyl (C=S) groups is 1. The maximum atomic E-state index is 12.5. The Morgan fingerprint density at radius 2 is 1.71 bits per heavy atom. The van der Waals surface area contributed by atoms with Crippen LogP contribution in [0.15, 0.2) is 54.6 Å². The molecule has 8 nitrogen and oxygen atoms in total. The molecule has 146 valence electrons. The molecular weight excluding hydrogens is 380 g/mol. The zero-order chi connectivity index (χ0) is 20.5. The zero-order valence-corrected chi connectivity index (χ0v) is 15.9. The van der Waals surface area contributed by atoms with Crippen molar-refractivity contribution in [2.24, 2.45) is 5.73 Å². The van der Waals surface area contributed by atoms with Gasteiger partial charge in [0, 0.05) is 25.6 Å². The molecule has 0 spiro atoms. The first-order valence-electron chi connectivity index (χ1n) is 8.54. The number of rotatable bonds is 8. The molecule has 0 aliphatic rings. The standard InChI is InChI=1S/C19H20N4O4S/c20-17(24)11-13-22(12-10-14-6-2-1-3-7-14)19(28)21-18(25)15-8-4-5-9-16(15)23(26)27/h1-9H,10-13H2,(H2,20,24)(H,21,25,28). The number of benzene rings is 2. The van der Waals surface area contributed by atoms with E-state index in [2.05, 4.69) is 5.32 Å². The van der Waals surface area contributed by atoms with Gasteiger partial charge in [0.2, 0.25) is 5.91 Å². The molecule has 2 aromatic rings. The smallest absolute Gasteiger partial charge is 0.282 e. The number of carbonyl (C=O) groups is 2. The number of nitrogens with one attached hydrogen (secondary N) is 1. The van der Waals surface area contributed by atoms with E-state index >= 15 is 0 Å². The van der Waals surface area contributed by atoms with Gasteiger partial charge in [-0.15, -0.1) is 0 Å². The molecule has 3 N–H and O–H groups in total. The van der Waals surface area contributed by atoms with Crippen LogP contribution in [-0.4, -0.2) is 39.8 Å². The van der Waals surface area contributed by atoms with Crippen molar-refractivity contribution >= 4 is 34.8 Å². The van der Waals surface area contributed by atoms with Gasteiger partial charge < -0.3 is 10.6 Å². The molecule has 0 heterocycles. The number of hydrogen-bond acceptors (Lipinski definition) is 5. The molecule has 0 radical (unpaired) electrons. The number of primary amides is 1. The quantitative estimate of drug-likeness (QED) is 0.398. The molecule has 0 bridgehead atoms. The Morgan fingerprint density at radius 3 is 2.36 bits per heavy atom. The third kappa shape index (κ3) is 6.13. The van der Waals surface area contributed by atoms with E-state index in [0.717, 1.165) is 5.56 Å². The Morgan fingerprint density at radius 1 is 1.07 bits per heavy atom. The van der Waals surface area contributed by atoms with Crippen LogP contribution in [0.25, 0.3) is 0 Å². The van der Waals surface area contributed by atoms with Crippen LogP contribution in [0.2, 0.25) is 0 Å². The van der Waals surface area contributed by atoms with E-state index < -0.39 is 16.7 Å².